The zero-order valence-electron chi connectivity index (χ0n) is 30.9. The zero-order valence-corrected chi connectivity index (χ0v) is 31.7. The highest BCUT2D eigenvalue weighted by Gasteiger charge is 2.46. The molecular formula is C40H55N3O9S. The summed E-state index contributed by atoms with van der Waals surface area (Å²) in [5.41, 5.74) is 6.70. The number of benzene rings is 2. The van der Waals surface area contributed by atoms with Gasteiger partial charge >= 0.3 is 0 Å². The van der Waals surface area contributed by atoms with E-state index in [4.69, 9.17) is 9.84 Å². The summed E-state index contributed by atoms with van der Waals surface area (Å²) < 4.78 is 30.0. The molecule has 13 heteroatoms. The van der Waals surface area contributed by atoms with Crippen LogP contribution in [0.15, 0.2) is 60.9 Å². The molecule has 0 spiro atoms. The molecule has 0 aliphatic heterocycles. The van der Waals surface area contributed by atoms with E-state index in [2.05, 4.69) is 54.5 Å². The van der Waals surface area contributed by atoms with Gasteiger partial charge in [-0.3, -0.25) is 9.78 Å². The Labute approximate surface area is 312 Å². The third-order valence-corrected chi connectivity index (χ3v) is 11.4. The summed E-state index contributed by atoms with van der Waals surface area (Å²) in [5.74, 6) is 0.289. The van der Waals surface area contributed by atoms with Crippen LogP contribution >= 0.6 is 0 Å². The van der Waals surface area contributed by atoms with Crippen LogP contribution in [0.3, 0.4) is 0 Å². The Balaban J connectivity index is 1.20. The number of hydrogen-bond acceptors (Lipinski definition) is 11. The number of amides is 1. The lowest BCUT2D eigenvalue weighted by Gasteiger charge is -2.30. The monoisotopic (exact) mass is 753 g/mol. The Morgan fingerprint density at radius 3 is 2.43 bits per heavy atom. The summed E-state index contributed by atoms with van der Waals surface area (Å²) in [6, 6.07) is 16.8. The number of rotatable bonds is 21. The number of pyridine rings is 1. The van der Waals surface area contributed by atoms with Crippen molar-refractivity contribution in [1.29, 1.82) is 0 Å². The lowest BCUT2D eigenvalue weighted by Crippen LogP contribution is -2.51. The minimum absolute atomic E-state index is 0.0871. The number of nitrogens with one attached hydrogen (secondary N) is 1. The molecule has 2 aromatic carbocycles. The standard InChI is InChI=1S/C40H55N3O9S/c1-26(7-6-10-37(47)43(19-20-53(3,50)51)24-34(45)38(48)39(49)35(46)25-44)28-12-11-27(2)29(21-28)22-42-40(16-17-40)33-23-41-18-15-31(33)32-8-4-5-9-36(32)52-30-13-14-30/h4-5,8-9,11-12,15,18,21,23,26,30,34-35,38-39,42,44-46,48-49H,6-7,10,13-14,16-17,19-20,22,24-25H2,1-3H3/t26-,34+,35-,38-,39-/m1/s1. The fourth-order valence-corrected chi connectivity index (χ4v) is 7.21. The summed E-state index contributed by atoms with van der Waals surface area (Å²) in [4.78, 5) is 18.9. The highest BCUT2D eigenvalue weighted by Crippen LogP contribution is 2.50. The smallest absolute Gasteiger partial charge is 0.222 e. The number of aliphatic hydroxyl groups excluding tert-OH is 5. The number of carbonyl (C=O) groups is 1. The van der Waals surface area contributed by atoms with E-state index in [0.717, 1.165) is 59.3 Å². The number of aromatic nitrogens is 1. The van der Waals surface area contributed by atoms with E-state index in [1.54, 1.807) is 0 Å². The van der Waals surface area contributed by atoms with Crippen molar-refractivity contribution in [2.24, 2.45) is 0 Å². The van der Waals surface area contributed by atoms with Gasteiger partial charge in [0.05, 0.1) is 18.5 Å². The first-order valence-corrected chi connectivity index (χ1v) is 20.6. The van der Waals surface area contributed by atoms with Crippen LogP contribution in [0.5, 0.6) is 5.75 Å². The minimum Gasteiger partial charge on any atom is -0.490 e. The van der Waals surface area contributed by atoms with Crippen LogP contribution in [0, 0.1) is 6.92 Å². The van der Waals surface area contributed by atoms with Crippen molar-refractivity contribution in [2.75, 3.05) is 31.7 Å². The summed E-state index contributed by atoms with van der Waals surface area (Å²) in [7, 11) is -3.44. The van der Waals surface area contributed by atoms with E-state index in [-0.39, 0.29) is 30.2 Å². The number of para-hydroxylation sites is 1. The van der Waals surface area contributed by atoms with Gasteiger partial charge in [0.15, 0.2) is 0 Å². The lowest BCUT2D eigenvalue weighted by atomic mass is 9.91. The highest BCUT2D eigenvalue weighted by molar-refractivity contribution is 7.90. The Hall–Kier alpha value is -3.43. The first kappa shape index (κ1) is 40.7. The van der Waals surface area contributed by atoms with Crippen molar-refractivity contribution < 1.29 is 43.5 Å². The molecule has 2 fully saturated rings. The Bertz CT molecular complexity index is 1800. The van der Waals surface area contributed by atoms with Crippen molar-refractivity contribution in [3.05, 3.63) is 83.2 Å². The highest BCUT2D eigenvalue weighted by atomic mass is 32.2. The van der Waals surface area contributed by atoms with Crippen LogP contribution < -0.4 is 10.1 Å². The third kappa shape index (κ3) is 11.1. The normalized spacial score (nSPS) is 18.1. The van der Waals surface area contributed by atoms with E-state index in [9.17, 15) is 33.6 Å². The maximum atomic E-state index is 13.2. The molecule has 2 saturated carbocycles. The zero-order chi connectivity index (χ0) is 38.3. The van der Waals surface area contributed by atoms with Crippen LogP contribution in [-0.4, -0.2) is 112 Å². The molecule has 5 rings (SSSR count). The van der Waals surface area contributed by atoms with Gasteiger partial charge in [-0.15, -0.1) is 0 Å². The number of carbonyl (C=O) groups excluding carboxylic acids is 1. The van der Waals surface area contributed by atoms with Crippen LogP contribution in [0.25, 0.3) is 11.1 Å². The van der Waals surface area contributed by atoms with Gasteiger partial charge in [-0.1, -0.05) is 43.3 Å². The SMILES string of the molecule is Cc1ccc([C@H](C)CCCC(=O)N(CCS(C)(=O)=O)C[C@H](O)[C@@H](O)[C@H](O)[C@H](O)CO)cc1CNC1(c2cnccc2-c2ccccc2OC2CC2)CC1. The second-order valence-electron chi connectivity index (χ2n) is 14.9. The van der Waals surface area contributed by atoms with Gasteiger partial charge in [-0.25, -0.2) is 8.42 Å². The summed E-state index contributed by atoms with van der Waals surface area (Å²) in [6.45, 7) is 3.40. The van der Waals surface area contributed by atoms with Crippen molar-refractivity contribution in [3.63, 3.8) is 0 Å². The minimum atomic E-state index is -3.44. The van der Waals surface area contributed by atoms with E-state index in [0.29, 0.717) is 25.5 Å². The topological polar surface area (TPSA) is 190 Å². The molecule has 53 heavy (non-hydrogen) atoms. The van der Waals surface area contributed by atoms with Crippen molar-refractivity contribution in [3.8, 4) is 16.9 Å². The first-order valence-electron chi connectivity index (χ1n) is 18.5. The molecule has 2 aliphatic carbocycles. The summed E-state index contributed by atoms with van der Waals surface area (Å²) in [5, 5.41) is 53.4. The van der Waals surface area contributed by atoms with Crippen molar-refractivity contribution in [2.45, 2.75) is 107 Å². The van der Waals surface area contributed by atoms with Crippen molar-refractivity contribution in [1.82, 2.24) is 15.2 Å². The second-order valence-corrected chi connectivity index (χ2v) is 17.2. The molecule has 2 aliphatic rings. The third-order valence-electron chi connectivity index (χ3n) is 10.5. The van der Waals surface area contributed by atoms with E-state index >= 15 is 0 Å². The van der Waals surface area contributed by atoms with E-state index < -0.39 is 53.3 Å². The number of hydrogen-bond donors (Lipinski definition) is 6. The molecule has 5 atom stereocenters. The molecule has 0 bridgehead atoms. The fourth-order valence-electron chi connectivity index (χ4n) is 6.66. The molecule has 3 aromatic rings. The van der Waals surface area contributed by atoms with Gasteiger partial charge in [0.2, 0.25) is 5.91 Å². The van der Waals surface area contributed by atoms with Crippen LogP contribution in [-0.2, 0) is 26.7 Å². The molecule has 290 valence electrons. The number of aliphatic hydroxyl groups is 5. The Kier molecular flexibility index (Phi) is 13.7. The van der Waals surface area contributed by atoms with Crippen LogP contribution in [0.2, 0.25) is 0 Å². The maximum absolute atomic E-state index is 13.2. The van der Waals surface area contributed by atoms with Crippen molar-refractivity contribution >= 4 is 15.7 Å². The average Bonchev–Trinajstić information content (AvgIpc) is 4.09. The first-order chi connectivity index (χ1) is 25.2. The molecular weight excluding hydrogens is 699 g/mol. The van der Waals surface area contributed by atoms with Crippen LogP contribution in [0.1, 0.15) is 80.0 Å². The quantitative estimate of drug-likeness (QED) is 0.0939. The Morgan fingerprint density at radius 1 is 1.04 bits per heavy atom. The molecule has 12 nitrogen and oxygen atoms in total. The van der Waals surface area contributed by atoms with Gasteiger partial charge in [0.1, 0.15) is 40.0 Å². The lowest BCUT2D eigenvalue weighted by molar-refractivity contribution is -0.139. The average molecular weight is 754 g/mol. The van der Waals surface area contributed by atoms with Gasteiger partial charge in [0.25, 0.3) is 0 Å². The Morgan fingerprint density at radius 2 is 1.75 bits per heavy atom. The van der Waals surface area contributed by atoms with Gasteiger partial charge in [-0.2, -0.15) is 0 Å². The van der Waals surface area contributed by atoms with Gasteiger partial charge in [-0.05, 0) is 91.3 Å². The molecule has 0 saturated heterocycles. The van der Waals surface area contributed by atoms with Gasteiger partial charge < -0.3 is 40.5 Å². The van der Waals surface area contributed by atoms with Crippen LogP contribution in [0.4, 0.5) is 0 Å². The molecule has 1 heterocycles. The maximum Gasteiger partial charge on any atom is 0.222 e. The number of sulfone groups is 1. The van der Waals surface area contributed by atoms with Gasteiger partial charge in [0, 0.05) is 55.8 Å². The molecule has 0 radical (unpaired) electrons. The number of aryl methyl sites for hydroxylation is 1. The fraction of sp³-hybridized carbons (Fsp3) is 0.550. The van der Waals surface area contributed by atoms with E-state index in [1.807, 2.05) is 30.6 Å². The molecule has 1 aromatic heterocycles. The number of nitrogens with zero attached hydrogens (tertiary/aromatic N) is 2. The summed E-state index contributed by atoms with van der Waals surface area (Å²) >= 11 is 0. The summed E-state index contributed by atoms with van der Waals surface area (Å²) in [6.07, 6.45) is 3.53. The molecule has 1 amide bonds. The largest absolute Gasteiger partial charge is 0.490 e. The predicted molar refractivity (Wildman–Crippen MR) is 202 cm³/mol. The molecule has 6 N–H and O–H groups in total. The van der Waals surface area contributed by atoms with E-state index in [1.165, 1.54) is 16.7 Å². The predicted octanol–water partition coefficient (Wildman–Crippen LogP) is 2.96. The number of ether oxygens (including phenoxy) is 1. The molecule has 0 unspecified atom stereocenters. The second kappa shape index (κ2) is 17.8.